The highest BCUT2D eigenvalue weighted by Gasteiger charge is 2.22. The molecule has 1 aromatic carbocycles. The van der Waals surface area contributed by atoms with Crippen LogP contribution in [0, 0.1) is 0 Å². The number of nitrogens with one attached hydrogen (secondary N) is 1. The number of aryl methyl sites for hydroxylation is 1. The molecule has 2 N–H and O–H groups in total. The molecule has 1 unspecified atom stereocenters. The maximum Gasteiger partial charge on any atom is 0.321 e. The molecule has 1 saturated heterocycles. The van der Waals surface area contributed by atoms with Gasteiger partial charge in [0.05, 0.1) is 6.10 Å². The van der Waals surface area contributed by atoms with Gasteiger partial charge in [-0.15, -0.1) is 10.2 Å². The normalized spacial score (nSPS) is 18.8. The number of aliphatic hydroxyl groups is 1. The minimum Gasteiger partial charge on any atom is -0.391 e. The number of benzene rings is 1. The number of nitrogens with zero attached hydrogens (tertiary/aromatic N) is 4. The van der Waals surface area contributed by atoms with Gasteiger partial charge in [-0.3, -0.25) is 0 Å². The van der Waals surface area contributed by atoms with Gasteiger partial charge in [0.25, 0.3) is 0 Å². The van der Waals surface area contributed by atoms with Crippen molar-refractivity contribution in [3.63, 3.8) is 0 Å². The predicted molar refractivity (Wildman–Crippen MR) is 97.5 cm³/mol. The minimum atomic E-state index is -0.423. The number of aromatic nitrogens is 3. The number of piperidine rings is 1. The smallest absolute Gasteiger partial charge is 0.321 e. The fraction of sp³-hybridized carbons (Fsp3) is 0.471. The van der Waals surface area contributed by atoms with Crippen molar-refractivity contribution in [2.45, 2.75) is 36.3 Å². The predicted octanol–water partition coefficient (Wildman–Crippen LogP) is 2.66. The van der Waals surface area contributed by atoms with E-state index >= 15 is 0 Å². The quantitative estimate of drug-likeness (QED) is 0.818. The molecule has 2 atom stereocenters. The average molecular weight is 361 g/mol. The summed E-state index contributed by atoms with van der Waals surface area (Å²) in [5.41, 5.74) is 1.86. The number of carbonyl (C=O) groups excluding carboxylic acids is 1. The lowest BCUT2D eigenvalue weighted by molar-refractivity contribution is 0.0883. The summed E-state index contributed by atoms with van der Waals surface area (Å²) < 4.78 is 1.88. The highest BCUT2D eigenvalue weighted by Crippen LogP contribution is 2.34. The first-order valence-electron chi connectivity index (χ1n) is 8.37. The van der Waals surface area contributed by atoms with Gasteiger partial charge < -0.3 is 19.9 Å². The number of β-amino-alcohol motifs (C(OH)–C–C–N with tert-alkyl or cyclic N) is 1. The van der Waals surface area contributed by atoms with Gasteiger partial charge in [-0.2, -0.15) is 0 Å². The van der Waals surface area contributed by atoms with Crippen LogP contribution in [0.1, 0.15) is 30.6 Å². The fourth-order valence-corrected chi connectivity index (χ4v) is 3.72. The van der Waals surface area contributed by atoms with Crippen molar-refractivity contribution in [1.29, 1.82) is 0 Å². The van der Waals surface area contributed by atoms with Crippen molar-refractivity contribution in [2.75, 3.05) is 18.4 Å². The van der Waals surface area contributed by atoms with E-state index < -0.39 is 6.10 Å². The van der Waals surface area contributed by atoms with Gasteiger partial charge in [-0.1, -0.05) is 23.9 Å². The van der Waals surface area contributed by atoms with Gasteiger partial charge in [0.1, 0.15) is 6.33 Å². The van der Waals surface area contributed by atoms with E-state index in [4.69, 9.17) is 0 Å². The molecule has 0 saturated carbocycles. The Morgan fingerprint density at radius 2 is 2.32 bits per heavy atom. The molecule has 0 radical (unpaired) electrons. The van der Waals surface area contributed by atoms with Crippen LogP contribution >= 0.6 is 11.8 Å². The molecule has 8 heteroatoms. The number of urea groups is 1. The van der Waals surface area contributed by atoms with Crippen LogP contribution < -0.4 is 5.32 Å². The third kappa shape index (κ3) is 4.52. The number of hydrogen-bond acceptors (Lipinski definition) is 5. The third-order valence-electron chi connectivity index (χ3n) is 4.24. The lowest BCUT2D eigenvalue weighted by Crippen LogP contribution is -2.44. The van der Waals surface area contributed by atoms with E-state index in [1.807, 2.05) is 35.9 Å². The molecular weight excluding hydrogens is 338 g/mol. The summed E-state index contributed by atoms with van der Waals surface area (Å²) in [5, 5.41) is 21.7. The van der Waals surface area contributed by atoms with Gasteiger partial charge in [-0.05, 0) is 37.5 Å². The van der Waals surface area contributed by atoms with Crippen LogP contribution in [0.4, 0.5) is 10.5 Å². The first-order chi connectivity index (χ1) is 12.0. The summed E-state index contributed by atoms with van der Waals surface area (Å²) in [5.74, 6) is 0. The minimum absolute atomic E-state index is 0.162. The van der Waals surface area contributed by atoms with Crippen molar-refractivity contribution < 1.29 is 9.90 Å². The Kier molecular flexibility index (Phi) is 5.60. The number of aliphatic hydroxyl groups excluding tert-OH is 1. The van der Waals surface area contributed by atoms with E-state index in [2.05, 4.69) is 22.4 Å². The topological polar surface area (TPSA) is 83.3 Å². The number of carbonyl (C=O) groups is 1. The van der Waals surface area contributed by atoms with Crippen LogP contribution in [-0.2, 0) is 7.05 Å². The number of hydrogen-bond donors (Lipinski definition) is 2. The Bertz CT molecular complexity index is 735. The van der Waals surface area contributed by atoms with E-state index in [0.717, 1.165) is 29.2 Å². The van der Waals surface area contributed by atoms with E-state index in [1.165, 1.54) is 0 Å². The molecule has 1 fully saturated rings. The number of amides is 2. The number of thioether (sulfide) groups is 1. The second-order valence-electron chi connectivity index (χ2n) is 6.28. The van der Waals surface area contributed by atoms with Crippen LogP contribution in [-0.4, -0.2) is 50.0 Å². The molecule has 1 aliphatic heterocycles. The second kappa shape index (κ2) is 7.88. The number of rotatable bonds is 4. The highest BCUT2D eigenvalue weighted by molar-refractivity contribution is 7.99. The third-order valence-corrected chi connectivity index (χ3v) is 5.45. The molecule has 1 aliphatic rings. The van der Waals surface area contributed by atoms with Gasteiger partial charge in [0.15, 0.2) is 5.16 Å². The molecule has 3 rings (SSSR count). The summed E-state index contributed by atoms with van der Waals surface area (Å²) in [6.45, 7) is 3.17. The zero-order chi connectivity index (χ0) is 17.8. The van der Waals surface area contributed by atoms with E-state index in [1.54, 1.807) is 23.0 Å². The largest absolute Gasteiger partial charge is 0.391 e. The lowest BCUT2D eigenvalue weighted by atomic mass is 10.1. The van der Waals surface area contributed by atoms with E-state index in [-0.39, 0.29) is 11.3 Å². The van der Waals surface area contributed by atoms with Crippen LogP contribution in [0.3, 0.4) is 0 Å². The summed E-state index contributed by atoms with van der Waals surface area (Å²) in [7, 11) is 1.92. The molecule has 2 aromatic rings. The lowest BCUT2D eigenvalue weighted by Gasteiger charge is -2.30. The highest BCUT2D eigenvalue weighted by atomic mass is 32.2. The summed E-state index contributed by atoms with van der Waals surface area (Å²) >= 11 is 1.62. The van der Waals surface area contributed by atoms with Crippen molar-refractivity contribution >= 4 is 23.5 Å². The Balaban J connectivity index is 1.64. The van der Waals surface area contributed by atoms with E-state index in [9.17, 15) is 9.90 Å². The van der Waals surface area contributed by atoms with Gasteiger partial charge in [0, 0.05) is 31.1 Å². The standard InChI is InChI=1S/C17H23N5O2S/c1-12(25-17-20-18-11-21(17)2)13-5-3-6-14(9-13)19-16(24)22-8-4-7-15(23)10-22/h3,5-6,9,11-12,15,23H,4,7-8,10H2,1-2H3,(H,19,24)/t12-,15?/m0/s1. The van der Waals surface area contributed by atoms with Crippen molar-refractivity contribution in [3.05, 3.63) is 36.2 Å². The zero-order valence-corrected chi connectivity index (χ0v) is 15.2. The van der Waals surface area contributed by atoms with Crippen molar-refractivity contribution in [3.8, 4) is 0 Å². The molecular formula is C17H23N5O2S. The van der Waals surface area contributed by atoms with Gasteiger partial charge in [-0.25, -0.2) is 4.79 Å². The molecule has 1 aromatic heterocycles. The van der Waals surface area contributed by atoms with Crippen molar-refractivity contribution in [1.82, 2.24) is 19.7 Å². The molecule has 0 spiro atoms. The number of likely N-dealkylation sites (tertiary alicyclic amines) is 1. The zero-order valence-electron chi connectivity index (χ0n) is 14.4. The average Bonchev–Trinajstić information content (AvgIpc) is 3.00. The van der Waals surface area contributed by atoms with Crippen LogP contribution in [0.15, 0.2) is 35.7 Å². The SMILES string of the molecule is C[C@H](Sc1nncn1C)c1cccc(NC(=O)N2CCCC(O)C2)c1. The van der Waals surface area contributed by atoms with Crippen molar-refractivity contribution in [2.24, 2.45) is 7.05 Å². The van der Waals surface area contributed by atoms with Gasteiger partial charge >= 0.3 is 6.03 Å². The fourth-order valence-electron chi connectivity index (χ4n) is 2.82. The molecule has 2 amide bonds. The van der Waals surface area contributed by atoms with E-state index in [0.29, 0.717) is 13.1 Å². The Hall–Kier alpha value is -2.06. The van der Waals surface area contributed by atoms with Gasteiger partial charge in [0.2, 0.25) is 0 Å². The molecule has 2 heterocycles. The molecule has 134 valence electrons. The summed E-state index contributed by atoms with van der Waals surface area (Å²) in [6.07, 6.45) is 2.85. The first kappa shape index (κ1) is 17.8. The maximum atomic E-state index is 12.4. The monoisotopic (exact) mass is 361 g/mol. The number of anilines is 1. The maximum absolute atomic E-state index is 12.4. The Morgan fingerprint density at radius 1 is 1.48 bits per heavy atom. The van der Waals surface area contributed by atoms with Crippen LogP contribution in [0.25, 0.3) is 0 Å². The van der Waals surface area contributed by atoms with Crippen LogP contribution in [0.5, 0.6) is 0 Å². The van der Waals surface area contributed by atoms with Crippen LogP contribution in [0.2, 0.25) is 0 Å². The molecule has 0 aliphatic carbocycles. The molecule has 7 nitrogen and oxygen atoms in total. The Morgan fingerprint density at radius 3 is 3.04 bits per heavy atom. The summed E-state index contributed by atoms with van der Waals surface area (Å²) in [4.78, 5) is 14.0. The second-order valence-corrected chi connectivity index (χ2v) is 7.59. The molecule has 0 bridgehead atoms. The Labute approximate surface area is 151 Å². The molecule has 25 heavy (non-hydrogen) atoms. The summed E-state index contributed by atoms with van der Waals surface area (Å²) in [6, 6.07) is 7.66. The first-order valence-corrected chi connectivity index (χ1v) is 9.25.